The molecule has 0 spiro atoms. The van der Waals surface area contributed by atoms with E-state index in [1.54, 1.807) is 12.4 Å². The van der Waals surface area contributed by atoms with Crippen LogP contribution in [0.2, 0.25) is 0 Å². The van der Waals surface area contributed by atoms with E-state index in [9.17, 15) is 4.79 Å². The van der Waals surface area contributed by atoms with Gasteiger partial charge in [-0.1, -0.05) is 0 Å². The quantitative estimate of drug-likeness (QED) is 0.686. The molecule has 2 aromatic heterocycles. The van der Waals surface area contributed by atoms with Crippen LogP contribution in [-0.4, -0.2) is 31.9 Å². The number of aryl methyl sites for hydroxylation is 1. The van der Waals surface area contributed by atoms with Crippen LogP contribution in [0.25, 0.3) is 10.9 Å². The molecule has 0 aliphatic heterocycles. The lowest BCUT2D eigenvalue weighted by atomic mass is 9.93. The van der Waals surface area contributed by atoms with Gasteiger partial charge in [0.2, 0.25) is 0 Å². The molecule has 24 heavy (non-hydrogen) atoms. The van der Waals surface area contributed by atoms with Crippen molar-refractivity contribution in [3.8, 4) is 5.75 Å². The summed E-state index contributed by atoms with van der Waals surface area (Å²) in [5, 5.41) is 9.60. The van der Waals surface area contributed by atoms with E-state index in [4.69, 9.17) is 4.74 Å². The number of aromatic amines is 2. The summed E-state index contributed by atoms with van der Waals surface area (Å²) < 4.78 is 8.08. The number of H-pyrrole nitrogens is 2. The third-order valence-corrected chi connectivity index (χ3v) is 4.53. The molecule has 3 aromatic rings. The summed E-state index contributed by atoms with van der Waals surface area (Å²) in [6.07, 6.45) is 8.19. The molecule has 2 atom stereocenters. The fourth-order valence-corrected chi connectivity index (χ4v) is 3.36. The van der Waals surface area contributed by atoms with Crippen molar-refractivity contribution in [1.82, 2.24) is 19.7 Å². The number of nitrogens with zero attached hydrogens (tertiary/aromatic N) is 2. The minimum atomic E-state index is -0.103. The summed E-state index contributed by atoms with van der Waals surface area (Å²) in [5.74, 6) is 1.70. The van der Waals surface area contributed by atoms with Crippen molar-refractivity contribution in [2.75, 3.05) is 5.32 Å². The van der Waals surface area contributed by atoms with Gasteiger partial charge < -0.3 is 14.6 Å². The second kappa shape index (κ2) is 6.07. The Morgan fingerprint density at radius 1 is 1.33 bits per heavy atom. The zero-order valence-electron chi connectivity index (χ0n) is 13.6. The van der Waals surface area contributed by atoms with Gasteiger partial charge in [-0.3, -0.25) is 15.0 Å². The highest BCUT2D eigenvalue weighted by atomic mass is 16.5. The van der Waals surface area contributed by atoms with E-state index in [2.05, 4.69) is 20.5 Å². The largest absolute Gasteiger partial charge is 0.490 e. The van der Waals surface area contributed by atoms with Gasteiger partial charge in [0, 0.05) is 31.8 Å². The normalized spacial score (nSPS) is 21.0. The van der Waals surface area contributed by atoms with E-state index >= 15 is 0 Å². The Morgan fingerprint density at radius 3 is 3.08 bits per heavy atom. The van der Waals surface area contributed by atoms with Gasteiger partial charge in [0.1, 0.15) is 17.7 Å². The average molecular weight is 327 g/mol. The van der Waals surface area contributed by atoms with Crippen molar-refractivity contribution < 1.29 is 4.74 Å². The number of benzene rings is 1. The number of hydrogen-bond donors (Lipinski definition) is 3. The van der Waals surface area contributed by atoms with Crippen molar-refractivity contribution in [2.45, 2.75) is 37.8 Å². The molecule has 1 saturated carbocycles. The molecule has 1 aromatic carbocycles. The summed E-state index contributed by atoms with van der Waals surface area (Å²) in [7, 11) is 1.96. The third kappa shape index (κ3) is 3.02. The van der Waals surface area contributed by atoms with Crippen LogP contribution in [0, 0.1) is 0 Å². The number of nitrogens with one attached hydrogen (secondary N) is 3. The standard InChI is InChI=1S/C17H21N5O2/c1-22-9-16(18-10-22)19-11-3-2-4-12(7-11)24-13-5-6-14-15(8-13)20-21-17(14)23/h5-6,8-12,19H,2-4,7H2,1H3,(H2,20,21,23). The molecule has 2 unspecified atom stereocenters. The molecule has 1 fully saturated rings. The first kappa shape index (κ1) is 14.9. The van der Waals surface area contributed by atoms with E-state index in [-0.39, 0.29) is 11.7 Å². The Kier molecular flexibility index (Phi) is 3.76. The van der Waals surface area contributed by atoms with Gasteiger partial charge in [-0.05, 0) is 31.4 Å². The smallest absolute Gasteiger partial charge is 0.271 e. The topological polar surface area (TPSA) is 87.7 Å². The molecular formula is C17H21N5O2. The van der Waals surface area contributed by atoms with Gasteiger partial charge in [-0.25, -0.2) is 4.98 Å². The van der Waals surface area contributed by atoms with Gasteiger partial charge in [0.25, 0.3) is 5.56 Å². The molecular weight excluding hydrogens is 306 g/mol. The Balaban J connectivity index is 1.42. The number of rotatable bonds is 4. The fourth-order valence-electron chi connectivity index (χ4n) is 3.36. The lowest BCUT2D eigenvalue weighted by molar-refractivity contribution is 0.148. The van der Waals surface area contributed by atoms with E-state index < -0.39 is 0 Å². The van der Waals surface area contributed by atoms with Crippen LogP contribution in [0.3, 0.4) is 0 Å². The first-order valence-electron chi connectivity index (χ1n) is 8.29. The van der Waals surface area contributed by atoms with Crippen LogP contribution in [0.5, 0.6) is 5.75 Å². The second-order valence-corrected chi connectivity index (χ2v) is 6.46. The maximum Gasteiger partial charge on any atom is 0.271 e. The Morgan fingerprint density at radius 2 is 2.25 bits per heavy atom. The monoisotopic (exact) mass is 327 g/mol. The van der Waals surface area contributed by atoms with Crippen molar-refractivity contribution in [1.29, 1.82) is 0 Å². The molecule has 7 nitrogen and oxygen atoms in total. The van der Waals surface area contributed by atoms with Gasteiger partial charge in [0.05, 0.1) is 17.2 Å². The maximum atomic E-state index is 11.6. The Hall–Kier alpha value is -2.70. The minimum absolute atomic E-state index is 0.103. The third-order valence-electron chi connectivity index (χ3n) is 4.53. The fraction of sp³-hybridized carbons (Fsp3) is 0.412. The SMILES string of the molecule is Cn1cnc(NC2CCCC(Oc3ccc4c(=O)[nH][nH]c4c3)C2)c1. The highest BCUT2D eigenvalue weighted by Gasteiger charge is 2.24. The Labute approximate surface area is 139 Å². The predicted molar refractivity (Wildman–Crippen MR) is 92.4 cm³/mol. The zero-order chi connectivity index (χ0) is 16.5. The van der Waals surface area contributed by atoms with E-state index in [1.807, 2.05) is 29.9 Å². The predicted octanol–water partition coefficient (Wildman–Crippen LogP) is 2.39. The summed E-state index contributed by atoms with van der Waals surface area (Å²) in [6, 6.07) is 5.91. The highest BCUT2D eigenvalue weighted by molar-refractivity contribution is 5.79. The van der Waals surface area contributed by atoms with Crippen molar-refractivity contribution in [3.63, 3.8) is 0 Å². The average Bonchev–Trinajstić information content (AvgIpc) is 3.14. The number of anilines is 1. The molecule has 0 radical (unpaired) electrons. The molecule has 0 saturated heterocycles. The van der Waals surface area contributed by atoms with Crippen molar-refractivity contribution >= 4 is 16.7 Å². The van der Waals surface area contributed by atoms with Crippen LogP contribution >= 0.6 is 0 Å². The summed E-state index contributed by atoms with van der Waals surface area (Å²) in [6.45, 7) is 0. The number of aromatic nitrogens is 4. The van der Waals surface area contributed by atoms with Crippen LogP contribution in [-0.2, 0) is 7.05 Å². The van der Waals surface area contributed by atoms with E-state index in [0.717, 1.165) is 42.8 Å². The summed E-state index contributed by atoms with van der Waals surface area (Å²) in [5.41, 5.74) is 0.672. The molecule has 4 rings (SSSR count). The first-order valence-corrected chi connectivity index (χ1v) is 8.29. The minimum Gasteiger partial charge on any atom is -0.490 e. The van der Waals surface area contributed by atoms with E-state index in [1.165, 1.54) is 0 Å². The van der Waals surface area contributed by atoms with E-state index in [0.29, 0.717) is 11.4 Å². The zero-order valence-corrected chi connectivity index (χ0v) is 13.6. The molecule has 1 aliphatic carbocycles. The number of fused-ring (bicyclic) bond motifs is 1. The van der Waals surface area contributed by atoms with Gasteiger partial charge >= 0.3 is 0 Å². The molecule has 0 bridgehead atoms. The molecule has 0 amide bonds. The van der Waals surface area contributed by atoms with Crippen molar-refractivity contribution in [3.05, 3.63) is 41.1 Å². The molecule has 3 N–H and O–H groups in total. The molecule has 1 aliphatic rings. The maximum absolute atomic E-state index is 11.6. The number of imidazole rings is 1. The van der Waals surface area contributed by atoms with Crippen LogP contribution in [0.1, 0.15) is 25.7 Å². The molecule has 7 heteroatoms. The molecule has 126 valence electrons. The summed E-state index contributed by atoms with van der Waals surface area (Å²) in [4.78, 5) is 15.9. The number of ether oxygens (including phenoxy) is 1. The van der Waals surface area contributed by atoms with Crippen molar-refractivity contribution in [2.24, 2.45) is 7.05 Å². The van der Waals surface area contributed by atoms with Gasteiger partial charge in [0.15, 0.2) is 0 Å². The van der Waals surface area contributed by atoms with Crippen LogP contribution < -0.4 is 15.6 Å². The summed E-state index contributed by atoms with van der Waals surface area (Å²) >= 11 is 0. The van der Waals surface area contributed by atoms with Crippen LogP contribution in [0.4, 0.5) is 5.82 Å². The van der Waals surface area contributed by atoms with Gasteiger partial charge in [-0.15, -0.1) is 0 Å². The first-order chi connectivity index (χ1) is 11.7. The highest BCUT2D eigenvalue weighted by Crippen LogP contribution is 2.26. The lowest BCUT2D eigenvalue weighted by Crippen LogP contribution is -2.33. The Bertz CT molecular complexity index is 894. The second-order valence-electron chi connectivity index (χ2n) is 6.46. The lowest BCUT2D eigenvalue weighted by Gasteiger charge is -2.30. The van der Waals surface area contributed by atoms with Crippen LogP contribution in [0.15, 0.2) is 35.5 Å². The number of hydrogen-bond acceptors (Lipinski definition) is 4. The van der Waals surface area contributed by atoms with Gasteiger partial charge in [-0.2, -0.15) is 0 Å². The molecule has 2 heterocycles.